The Labute approximate surface area is 155 Å². The summed E-state index contributed by atoms with van der Waals surface area (Å²) in [6, 6.07) is 14.2. The molecular formula is C20H19N3O4. The number of nitrogens with zero attached hydrogens (tertiary/aromatic N) is 2. The number of likely N-dealkylation sites (tertiary alicyclic amines) is 1. The van der Waals surface area contributed by atoms with Gasteiger partial charge < -0.3 is 19.2 Å². The molecule has 1 atom stereocenters. The third-order valence-corrected chi connectivity index (χ3v) is 4.62. The van der Waals surface area contributed by atoms with E-state index in [2.05, 4.69) is 10.5 Å². The van der Waals surface area contributed by atoms with Crippen molar-refractivity contribution >= 4 is 11.8 Å². The lowest BCUT2D eigenvalue weighted by Gasteiger charge is -2.23. The van der Waals surface area contributed by atoms with E-state index in [1.54, 1.807) is 23.1 Å². The maximum Gasteiger partial charge on any atom is 0.276 e. The van der Waals surface area contributed by atoms with Gasteiger partial charge in [0.05, 0.1) is 6.26 Å². The maximum atomic E-state index is 12.8. The monoisotopic (exact) mass is 365 g/mol. The lowest BCUT2D eigenvalue weighted by atomic mass is 10.1. The van der Waals surface area contributed by atoms with Crippen molar-refractivity contribution < 1.29 is 18.5 Å². The summed E-state index contributed by atoms with van der Waals surface area (Å²) in [6.07, 6.45) is 2.93. The summed E-state index contributed by atoms with van der Waals surface area (Å²) in [5.41, 5.74) is 1.19. The Balaban J connectivity index is 1.43. The van der Waals surface area contributed by atoms with Crippen molar-refractivity contribution in [2.45, 2.75) is 25.4 Å². The average Bonchev–Trinajstić information content (AvgIpc) is 3.47. The molecular weight excluding hydrogens is 346 g/mol. The zero-order valence-corrected chi connectivity index (χ0v) is 14.6. The fourth-order valence-corrected chi connectivity index (χ4v) is 3.24. The van der Waals surface area contributed by atoms with Gasteiger partial charge in [0.15, 0.2) is 11.5 Å². The summed E-state index contributed by atoms with van der Waals surface area (Å²) >= 11 is 0. The van der Waals surface area contributed by atoms with Crippen molar-refractivity contribution in [1.29, 1.82) is 0 Å². The normalized spacial score (nSPS) is 16.4. The van der Waals surface area contributed by atoms with Crippen LogP contribution in [0.2, 0.25) is 0 Å². The van der Waals surface area contributed by atoms with Gasteiger partial charge in [0.1, 0.15) is 6.04 Å². The molecule has 1 fully saturated rings. The zero-order valence-electron chi connectivity index (χ0n) is 14.6. The predicted octanol–water partition coefficient (Wildman–Crippen LogP) is 2.86. The van der Waals surface area contributed by atoms with E-state index in [1.165, 1.54) is 6.26 Å². The Morgan fingerprint density at radius 3 is 2.78 bits per heavy atom. The number of furan rings is 1. The Kier molecular flexibility index (Phi) is 4.74. The second kappa shape index (κ2) is 7.49. The summed E-state index contributed by atoms with van der Waals surface area (Å²) in [4.78, 5) is 27.0. The third kappa shape index (κ3) is 3.62. The number of nitrogens with one attached hydrogen (secondary N) is 1. The van der Waals surface area contributed by atoms with E-state index in [9.17, 15) is 9.59 Å². The van der Waals surface area contributed by atoms with Crippen molar-refractivity contribution in [3.05, 3.63) is 66.1 Å². The molecule has 7 heteroatoms. The highest BCUT2D eigenvalue weighted by Crippen LogP contribution is 2.24. The number of amides is 2. The van der Waals surface area contributed by atoms with Gasteiger partial charge in [-0.1, -0.05) is 35.5 Å². The van der Waals surface area contributed by atoms with E-state index >= 15 is 0 Å². The molecule has 0 radical (unpaired) electrons. The van der Waals surface area contributed by atoms with E-state index < -0.39 is 6.04 Å². The molecule has 1 aliphatic rings. The SMILES string of the molecule is O=C(NCc1ccccc1)[C@@H]1CCCN1C(=O)c1cc(-c2ccco2)on1. The number of hydrogen-bond donors (Lipinski definition) is 1. The molecule has 0 bridgehead atoms. The van der Waals surface area contributed by atoms with Crippen LogP contribution in [-0.4, -0.2) is 34.5 Å². The van der Waals surface area contributed by atoms with E-state index in [0.717, 1.165) is 12.0 Å². The van der Waals surface area contributed by atoms with Gasteiger partial charge in [0, 0.05) is 19.2 Å². The van der Waals surface area contributed by atoms with Crippen molar-refractivity contribution in [3.63, 3.8) is 0 Å². The lowest BCUT2D eigenvalue weighted by Crippen LogP contribution is -2.45. The van der Waals surface area contributed by atoms with Crippen molar-refractivity contribution in [1.82, 2.24) is 15.4 Å². The second-order valence-corrected chi connectivity index (χ2v) is 6.41. The second-order valence-electron chi connectivity index (χ2n) is 6.41. The fraction of sp³-hybridized carbons (Fsp3) is 0.250. The minimum atomic E-state index is -0.495. The first-order valence-corrected chi connectivity index (χ1v) is 8.85. The molecule has 27 heavy (non-hydrogen) atoms. The summed E-state index contributed by atoms with van der Waals surface area (Å²) in [5, 5.41) is 6.76. The molecule has 0 spiro atoms. The Morgan fingerprint density at radius 1 is 1.15 bits per heavy atom. The first-order valence-electron chi connectivity index (χ1n) is 8.85. The van der Waals surface area contributed by atoms with Gasteiger partial charge in [0.25, 0.3) is 5.91 Å². The number of rotatable bonds is 5. The van der Waals surface area contributed by atoms with Crippen LogP contribution < -0.4 is 5.32 Å². The molecule has 7 nitrogen and oxygen atoms in total. The summed E-state index contributed by atoms with van der Waals surface area (Å²) in [5.74, 6) is 0.418. The molecule has 3 aromatic rings. The molecule has 2 amide bonds. The average molecular weight is 365 g/mol. The summed E-state index contributed by atoms with van der Waals surface area (Å²) in [6.45, 7) is 0.954. The molecule has 1 aliphatic heterocycles. The van der Waals surface area contributed by atoms with E-state index in [4.69, 9.17) is 8.94 Å². The lowest BCUT2D eigenvalue weighted by molar-refractivity contribution is -0.125. The number of hydrogen-bond acceptors (Lipinski definition) is 5. The molecule has 0 unspecified atom stereocenters. The number of carbonyl (C=O) groups is 2. The first kappa shape index (κ1) is 17.1. The third-order valence-electron chi connectivity index (χ3n) is 4.62. The number of benzene rings is 1. The van der Waals surface area contributed by atoms with E-state index in [-0.39, 0.29) is 17.5 Å². The highest BCUT2D eigenvalue weighted by molar-refractivity contribution is 5.97. The van der Waals surface area contributed by atoms with Crippen molar-refractivity contribution in [2.24, 2.45) is 0 Å². The summed E-state index contributed by atoms with van der Waals surface area (Å²) in [7, 11) is 0. The van der Waals surface area contributed by atoms with Gasteiger partial charge in [0.2, 0.25) is 11.7 Å². The molecule has 4 rings (SSSR count). The highest BCUT2D eigenvalue weighted by atomic mass is 16.5. The van der Waals surface area contributed by atoms with Gasteiger partial charge in [-0.2, -0.15) is 0 Å². The molecule has 1 aromatic carbocycles. The van der Waals surface area contributed by atoms with Crippen LogP contribution in [0.25, 0.3) is 11.5 Å². The molecule has 138 valence electrons. The van der Waals surface area contributed by atoms with E-state index in [0.29, 0.717) is 31.0 Å². The van der Waals surface area contributed by atoms with Crippen LogP contribution in [0.5, 0.6) is 0 Å². The molecule has 2 aromatic heterocycles. The maximum absolute atomic E-state index is 12.8. The standard InChI is InChI=1S/C20H19N3O4/c24-19(21-13-14-6-2-1-3-7-14)16-8-4-10-23(16)20(25)15-12-18(27-22-15)17-9-5-11-26-17/h1-3,5-7,9,11-12,16H,4,8,10,13H2,(H,21,24)/t16-/m0/s1. The largest absolute Gasteiger partial charge is 0.461 e. The van der Waals surface area contributed by atoms with Crippen LogP contribution in [0, 0.1) is 0 Å². The molecule has 1 N–H and O–H groups in total. The minimum Gasteiger partial charge on any atom is -0.461 e. The van der Waals surface area contributed by atoms with Crippen LogP contribution in [0.15, 0.2) is 63.7 Å². The highest BCUT2D eigenvalue weighted by Gasteiger charge is 2.35. The van der Waals surface area contributed by atoms with Crippen LogP contribution >= 0.6 is 0 Å². The molecule has 0 saturated carbocycles. The number of carbonyl (C=O) groups excluding carboxylic acids is 2. The molecule has 3 heterocycles. The fourth-order valence-electron chi connectivity index (χ4n) is 3.24. The zero-order chi connectivity index (χ0) is 18.6. The van der Waals surface area contributed by atoms with E-state index in [1.807, 2.05) is 30.3 Å². The Bertz CT molecular complexity index is 918. The van der Waals surface area contributed by atoms with Crippen LogP contribution in [0.1, 0.15) is 28.9 Å². The topological polar surface area (TPSA) is 88.6 Å². The molecule has 1 saturated heterocycles. The van der Waals surface area contributed by atoms with Gasteiger partial charge in [-0.25, -0.2) is 0 Å². The van der Waals surface area contributed by atoms with Gasteiger partial charge in [-0.05, 0) is 30.5 Å². The smallest absolute Gasteiger partial charge is 0.276 e. The summed E-state index contributed by atoms with van der Waals surface area (Å²) < 4.78 is 10.4. The van der Waals surface area contributed by atoms with Crippen LogP contribution in [0.3, 0.4) is 0 Å². The van der Waals surface area contributed by atoms with Crippen LogP contribution in [-0.2, 0) is 11.3 Å². The van der Waals surface area contributed by atoms with Gasteiger partial charge in [-0.3, -0.25) is 9.59 Å². The van der Waals surface area contributed by atoms with Crippen LogP contribution in [0.4, 0.5) is 0 Å². The first-order chi connectivity index (χ1) is 13.2. The van der Waals surface area contributed by atoms with Gasteiger partial charge in [-0.15, -0.1) is 0 Å². The van der Waals surface area contributed by atoms with Crippen molar-refractivity contribution in [2.75, 3.05) is 6.54 Å². The minimum absolute atomic E-state index is 0.153. The number of aromatic nitrogens is 1. The van der Waals surface area contributed by atoms with Gasteiger partial charge >= 0.3 is 0 Å². The predicted molar refractivity (Wildman–Crippen MR) is 96.6 cm³/mol. The Hall–Kier alpha value is -3.35. The Morgan fingerprint density at radius 2 is 2.00 bits per heavy atom. The molecule has 0 aliphatic carbocycles. The van der Waals surface area contributed by atoms with Crippen molar-refractivity contribution in [3.8, 4) is 11.5 Å². The quantitative estimate of drug-likeness (QED) is 0.751.